The Morgan fingerprint density at radius 1 is 0.973 bits per heavy atom. The summed E-state index contributed by atoms with van der Waals surface area (Å²) in [5, 5.41) is 11.0. The number of hydrogen-bond acceptors (Lipinski definition) is 9. The van der Waals surface area contributed by atoms with Crippen LogP contribution < -0.4 is 20.3 Å². The molecule has 1 spiro atoms. The fourth-order valence-electron chi connectivity index (χ4n) is 5.36. The van der Waals surface area contributed by atoms with Crippen molar-refractivity contribution >= 4 is 34.0 Å². The van der Waals surface area contributed by atoms with Crippen molar-refractivity contribution in [3.63, 3.8) is 0 Å². The molecule has 0 unspecified atom stereocenters. The van der Waals surface area contributed by atoms with Crippen molar-refractivity contribution in [3.05, 3.63) is 66.9 Å². The molecular formula is C27H27N9O. The molecule has 6 heterocycles. The summed E-state index contributed by atoms with van der Waals surface area (Å²) in [7, 11) is 0. The van der Waals surface area contributed by atoms with E-state index in [4.69, 9.17) is 9.72 Å². The first kappa shape index (κ1) is 21.9. The molecule has 10 heteroatoms. The molecule has 0 saturated carbocycles. The third kappa shape index (κ3) is 4.09. The number of anilines is 3. The number of fused-ring (bicyclic) bond motifs is 2. The first-order valence-electron chi connectivity index (χ1n) is 12.6. The molecule has 4 aromatic heterocycles. The van der Waals surface area contributed by atoms with Crippen LogP contribution in [-0.4, -0.2) is 55.7 Å². The molecule has 2 fully saturated rings. The lowest BCUT2D eigenvalue weighted by Crippen LogP contribution is -2.60. The molecule has 1 aromatic carbocycles. The molecule has 2 saturated heterocycles. The van der Waals surface area contributed by atoms with E-state index in [1.807, 2.05) is 49.5 Å². The molecule has 2 aliphatic heterocycles. The van der Waals surface area contributed by atoms with Gasteiger partial charge in [-0.15, -0.1) is 0 Å². The Kier molecular flexibility index (Phi) is 5.14. The van der Waals surface area contributed by atoms with E-state index in [0.29, 0.717) is 17.0 Å². The normalized spacial score (nSPS) is 16.7. The summed E-state index contributed by atoms with van der Waals surface area (Å²) in [5.74, 6) is 3.15. The SMILES string of the molecule is Cc1cc(Nc2ncnc3ccc(N4CC5(CCNCC5)C4)nc23)ccc1Oc1ccn2ncnc2c1. The molecule has 0 bridgehead atoms. The van der Waals surface area contributed by atoms with E-state index in [1.165, 1.54) is 19.2 Å². The van der Waals surface area contributed by atoms with Gasteiger partial charge in [-0.25, -0.2) is 24.5 Å². The molecule has 0 amide bonds. The van der Waals surface area contributed by atoms with Gasteiger partial charge in [-0.1, -0.05) is 0 Å². The fraction of sp³-hybridized carbons (Fsp3) is 0.296. The average molecular weight is 494 g/mol. The van der Waals surface area contributed by atoms with E-state index in [0.717, 1.165) is 65.7 Å². The standard InChI is InChI=1S/C27H27N9O/c1-18-12-19(2-4-22(18)37-20-6-11-36-24(13-20)30-17-32-36)33-26-25-21(29-16-31-26)3-5-23(34-25)35-14-27(15-35)7-9-28-10-8-27/h2-6,11-13,16-17,28H,7-10,14-15H2,1H3,(H,29,31,33). The maximum absolute atomic E-state index is 6.11. The number of aromatic nitrogens is 6. The van der Waals surface area contributed by atoms with Crippen molar-refractivity contribution < 1.29 is 4.74 Å². The van der Waals surface area contributed by atoms with E-state index in [-0.39, 0.29) is 0 Å². The molecular weight excluding hydrogens is 466 g/mol. The van der Waals surface area contributed by atoms with Crippen molar-refractivity contribution in [1.82, 2.24) is 34.9 Å². The molecule has 186 valence electrons. The maximum Gasteiger partial charge on any atom is 0.160 e. The van der Waals surface area contributed by atoms with E-state index in [9.17, 15) is 0 Å². The third-order valence-electron chi connectivity index (χ3n) is 7.43. The van der Waals surface area contributed by atoms with Crippen LogP contribution in [0.25, 0.3) is 16.7 Å². The van der Waals surface area contributed by atoms with E-state index < -0.39 is 0 Å². The van der Waals surface area contributed by atoms with Crippen molar-refractivity contribution in [2.75, 3.05) is 36.4 Å². The molecule has 0 radical (unpaired) electrons. The topological polar surface area (TPSA) is 105 Å². The minimum atomic E-state index is 0.443. The quantitative estimate of drug-likeness (QED) is 0.374. The van der Waals surface area contributed by atoms with Crippen LogP contribution in [-0.2, 0) is 0 Å². The van der Waals surface area contributed by atoms with Gasteiger partial charge in [0.15, 0.2) is 11.5 Å². The smallest absolute Gasteiger partial charge is 0.160 e. The average Bonchev–Trinajstić information content (AvgIpc) is 3.37. The summed E-state index contributed by atoms with van der Waals surface area (Å²) < 4.78 is 7.81. The molecule has 10 nitrogen and oxygen atoms in total. The summed E-state index contributed by atoms with van der Waals surface area (Å²) in [4.78, 5) is 20.5. The molecule has 0 atom stereocenters. The monoisotopic (exact) mass is 493 g/mol. The van der Waals surface area contributed by atoms with Crippen LogP contribution >= 0.6 is 0 Å². The third-order valence-corrected chi connectivity index (χ3v) is 7.43. The lowest BCUT2D eigenvalue weighted by molar-refractivity contribution is 0.149. The number of aryl methyl sites for hydroxylation is 1. The van der Waals surface area contributed by atoms with Crippen LogP contribution in [0.2, 0.25) is 0 Å². The zero-order valence-electron chi connectivity index (χ0n) is 20.6. The Labute approximate surface area is 213 Å². The number of benzene rings is 1. The van der Waals surface area contributed by atoms with Gasteiger partial charge in [-0.2, -0.15) is 5.10 Å². The van der Waals surface area contributed by atoms with Crippen molar-refractivity contribution in [2.24, 2.45) is 5.41 Å². The number of rotatable bonds is 5. The molecule has 2 aliphatic rings. The molecule has 0 aliphatic carbocycles. The van der Waals surface area contributed by atoms with Gasteiger partial charge in [-0.3, -0.25) is 0 Å². The number of ether oxygens (including phenoxy) is 1. The summed E-state index contributed by atoms with van der Waals surface area (Å²) in [6, 6.07) is 13.8. The highest BCUT2D eigenvalue weighted by Crippen LogP contribution is 2.41. The van der Waals surface area contributed by atoms with E-state index in [1.54, 1.807) is 10.8 Å². The Hall–Kier alpha value is -4.31. The van der Waals surface area contributed by atoms with E-state index >= 15 is 0 Å². The first-order valence-corrected chi connectivity index (χ1v) is 12.6. The lowest BCUT2D eigenvalue weighted by Gasteiger charge is -2.53. The Balaban J connectivity index is 1.11. The van der Waals surface area contributed by atoms with Crippen molar-refractivity contribution in [1.29, 1.82) is 0 Å². The highest BCUT2D eigenvalue weighted by molar-refractivity contribution is 5.88. The minimum Gasteiger partial charge on any atom is -0.457 e. The second-order valence-electron chi connectivity index (χ2n) is 10.00. The van der Waals surface area contributed by atoms with Crippen LogP contribution in [0.15, 0.2) is 61.3 Å². The fourth-order valence-corrected chi connectivity index (χ4v) is 5.36. The van der Waals surface area contributed by atoms with Gasteiger partial charge in [0.1, 0.15) is 35.5 Å². The number of nitrogens with zero attached hydrogens (tertiary/aromatic N) is 7. The van der Waals surface area contributed by atoms with Gasteiger partial charge in [0, 0.05) is 36.5 Å². The summed E-state index contributed by atoms with van der Waals surface area (Å²) in [5.41, 5.74) is 4.66. The van der Waals surface area contributed by atoms with Crippen LogP contribution in [0, 0.1) is 12.3 Å². The number of piperidine rings is 1. The number of pyridine rings is 2. The Morgan fingerprint density at radius 2 is 1.86 bits per heavy atom. The number of hydrogen-bond donors (Lipinski definition) is 2. The predicted octanol–water partition coefficient (Wildman–Crippen LogP) is 4.10. The molecule has 5 aromatic rings. The van der Waals surface area contributed by atoms with Crippen LogP contribution in [0.1, 0.15) is 18.4 Å². The Morgan fingerprint density at radius 3 is 2.73 bits per heavy atom. The predicted molar refractivity (Wildman–Crippen MR) is 142 cm³/mol. The minimum absolute atomic E-state index is 0.443. The molecule has 37 heavy (non-hydrogen) atoms. The molecule has 7 rings (SSSR count). The Bertz CT molecular complexity index is 1600. The first-order chi connectivity index (χ1) is 18.1. The largest absolute Gasteiger partial charge is 0.457 e. The molecule has 2 N–H and O–H groups in total. The highest BCUT2D eigenvalue weighted by Gasteiger charge is 2.43. The zero-order valence-corrected chi connectivity index (χ0v) is 20.6. The lowest BCUT2D eigenvalue weighted by atomic mass is 9.72. The van der Waals surface area contributed by atoms with Gasteiger partial charge in [0.2, 0.25) is 0 Å². The summed E-state index contributed by atoms with van der Waals surface area (Å²) >= 11 is 0. The second-order valence-corrected chi connectivity index (χ2v) is 10.00. The van der Waals surface area contributed by atoms with Crippen LogP contribution in [0.5, 0.6) is 11.5 Å². The van der Waals surface area contributed by atoms with Gasteiger partial charge in [-0.05, 0) is 74.8 Å². The van der Waals surface area contributed by atoms with E-state index in [2.05, 4.69) is 41.7 Å². The van der Waals surface area contributed by atoms with Crippen molar-refractivity contribution in [2.45, 2.75) is 19.8 Å². The van der Waals surface area contributed by atoms with Gasteiger partial charge < -0.3 is 20.3 Å². The number of nitrogens with one attached hydrogen (secondary N) is 2. The van der Waals surface area contributed by atoms with Gasteiger partial charge >= 0.3 is 0 Å². The van der Waals surface area contributed by atoms with Gasteiger partial charge in [0.05, 0.1) is 5.52 Å². The van der Waals surface area contributed by atoms with Crippen LogP contribution in [0.3, 0.4) is 0 Å². The van der Waals surface area contributed by atoms with Gasteiger partial charge in [0.25, 0.3) is 0 Å². The zero-order chi connectivity index (χ0) is 24.8. The summed E-state index contributed by atoms with van der Waals surface area (Å²) in [6.45, 7) is 6.37. The highest BCUT2D eigenvalue weighted by atomic mass is 16.5. The summed E-state index contributed by atoms with van der Waals surface area (Å²) in [6.07, 6.45) is 7.40. The van der Waals surface area contributed by atoms with Crippen LogP contribution in [0.4, 0.5) is 17.3 Å². The maximum atomic E-state index is 6.11. The second kappa shape index (κ2) is 8.67. The van der Waals surface area contributed by atoms with Crippen molar-refractivity contribution in [3.8, 4) is 11.5 Å².